The topological polar surface area (TPSA) is 75.3 Å². The first kappa shape index (κ1) is 23.5. The molecule has 22 heavy (non-hydrogen) atoms. The predicted molar refractivity (Wildman–Crippen MR) is 96.5 cm³/mol. The van der Waals surface area contributed by atoms with Gasteiger partial charge < -0.3 is 16.2 Å². The highest BCUT2D eigenvalue weighted by molar-refractivity contribution is 5.64. The van der Waals surface area contributed by atoms with Crippen LogP contribution in [0.15, 0.2) is 0 Å². The van der Waals surface area contributed by atoms with E-state index in [9.17, 15) is 4.79 Å². The fourth-order valence-corrected chi connectivity index (χ4v) is 2.16. The zero-order valence-corrected chi connectivity index (χ0v) is 15.0. The monoisotopic (exact) mass is 316 g/mol. The molecule has 0 saturated carbocycles. The van der Waals surface area contributed by atoms with Gasteiger partial charge >= 0.3 is 6.09 Å². The SMILES string of the molecule is CCCCCCCCCCCCCCNC(=O)O.CCCN. The molecule has 4 nitrogen and oxygen atoms in total. The van der Waals surface area contributed by atoms with Crippen LogP contribution in [-0.2, 0) is 0 Å². The minimum Gasteiger partial charge on any atom is -0.465 e. The summed E-state index contributed by atoms with van der Waals surface area (Å²) in [6.45, 7) is 5.73. The highest BCUT2D eigenvalue weighted by Crippen LogP contribution is 2.11. The third-order valence-electron chi connectivity index (χ3n) is 3.60. The van der Waals surface area contributed by atoms with Gasteiger partial charge in [0.2, 0.25) is 0 Å². The maximum atomic E-state index is 10.2. The molecule has 0 radical (unpaired) electrons. The standard InChI is InChI=1S/C15H31NO2.C3H9N/c1-2-3-4-5-6-7-8-9-10-11-12-13-14-16-15(17)18;1-2-3-4/h16H,2-14H2,1H3,(H,17,18);2-4H2,1H3. The Morgan fingerprint density at radius 1 is 0.773 bits per heavy atom. The first-order valence-corrected chi connectivity index (χ1v) is 9.35. The molecule has 0 heterocycles. The Hall–Kier alpha value is -0.770. The number of amides is 1. The third-order valence-corrected chi connectivity index (χ3v) is 3.60. The largest absolute Gasteiger partial charge is 0.465 e. The summed E-state index contributed by atoms with van der Waals surface area (Å²) in [7, 11) is 0. The van der Waals surface area contributed by atoms with Crippen molar-refractivity contribution in [3.63, 3.8) is 0 Å². The average Bonchev–Trinajstić information content (AvgIpc) is 2.52. The van der Waals surface area contributed by atoms with Crippen molar-refractivity contribution in [2.45, 2.75) is 97.3 Å². The summed E-state index contributed by atoms with van der Waals surface area (Å²) >= 11 is 0. The van der Waals surface area contributed by atoms with Crippen LogP contribution in [-0.4, -0.2) is 24.3 Å². The lowest BCUT2D eigenvalue weighted by molar-refractivity contribution is 0.194. The molecule has 4 heteroatoms. The van der Waals surface area contributed by atoms with Gasteiger partial charge in [-0.2, -0.15) is 0 Å². The molecular weight excluding hydrogens is 276 g/mol. The number of hydrogen-bond donors (Lipinski definition) is 3. The van der Waals surface area contributed by atoms with Crippen LogP contribution in [0.3, 0.4) is 0 Å². The van der Waals surface area contributed by atoms with Crippen molar-refractivity contribution in [1.29, 1.82) is 0 Å². The van der Waals surface area contributed by atoms with Crippen LogP contribution in [0.25, 0.3) is 0 Å². The van der Waals surface area contributed by atoms with E-state index in [4.69, 9.17) is 10.8 Å². The lowest BCUT2D eigenvalue weighted by Crippen LogP contribution is -2.21. The molecule has 0 unspecified atom stereocenters. The highest BCUT2D eigenvalue weighted by atomic mass is 16.4. The summed E-state index contributed by atoms with van der Waals surface area (Å²) in [5, 5.41) is 10.8. The number of carbonyl (C=O) groups is 1. The van der Waals surface area contributed by atoms with Crippen LogP contribution in [0.2, 0.25) is 0 Å². The maximum absolute atomic E-state index is 10.2. The van der Waals surface area contributed by atoms with Crippen molar-refractivity contribution in [2.24, 2.45) is 5.73 Å². The van der Waals surface area contributed by atoms with Gasteiger partial charge in [-0.25, -0.2) is 4.79 Å². The molecule has 0 aliphatic rings. The Morgan fingerprint density at radius 2 is 1.14 bits per heavy atom. The molecule has 0 atom stereocenters. The lowest BCUT2D eigenvalue weighted by atomic mass is 10.1. The van der Waals surface area contributed by atoms with Gasteiger partial charge in [-0.3, -0.25) is 0 Å². The molecule has 0 aliphatic heterocycles. The Labute approximate surface area is 138 Å². The van der Waals surface area contributed by atoms with Crippen molar-refractivity contribution in [3.05, 3.63) is 0 Å². The van der Waals surface area contributed by atoms with Crippen molar-refractivity contribution >= 4 is 6.09 Å². The fraction of sp³-hybridized carbons (Fsp3) is 0.944. The van der Waals surface area contributed by atoms with Gasteiger partial charge in [0.05, 0.1) is 0 Å². The molecule has 0 spiro atoms. The highest BCUT2D eigenvalue weighted by Gasteiger charge is 1.95. The van der Waals surface area contributed by atoms with Crippen molar-refractivity contribution in [2.75, 3.05) is 13.1 Å². The fourth-order valence-electron chi connectivity index (χ4n) is 2.16. The number of hydrogen-bond acceptors (Lipinski definition) is 2. The summed E-state index contributed by atoms with van der Waals surface area (Å²) < 4.78 is 0. The van der Waals surface area contributed by atoms with Crippen LogP contribution >= 0.6 is 0 Å². The quantitative estimate of drug-likeness (QED) is 0.380. The number of nitrogens with two attached hydrogens (primary N) is 1. The Kier molecular flexibility index (Phi) is 24.0. The molecule has 0 bridgehead atoms. The van der Waals surface area contributed by atoms with Crippen LogP contribution in [0.4, 0.5) is 4.79 Å². The number of nitrogens with one attached hydrogen (secondary N) is 1. The minimum absolute atomic E-state index is 0.604. The molecule has 0 aromatic heterocycles. The molecular formula is C18H40N2O2. The molecule has 0 rings (SSSR count). The van der Waals surface area contributed by atoms with Gasteiger partial charge in [0.15, 0.2) is 0 Å². The van der Waals surface area contributed by atoms with Gasteiger partial charge in [0.1, 0.15) is 0 Å². The van der Waals surface area contributed by atoms with Gasteiger partial charge in [-0.1, -0.05) is 84.5 Å². The second-order valence-corrected chi connectivity index (χ2v) is 5.91. The van der Waals surface area contributed by atoms with E-state index >= 15 is 0 Å². The zero-order chi connectivity index (χ0) is 16.9. The van der Waals surface area contributed by atoms with Crippen LogP contribution in [0.5, 0.6) is 0 Å². The molecule has 0 aromatic rings. The number of unbranched alkanes of at least 4 members (excludes halogenated alkanes) is 11. The maximum Gasteiger partial charge on any atom is 0.404 e. The average molecular weight is 317 g/mol. The smallest absolute Gasteiger partial charge is 0.404 e. The number of rotatable bonds is 14. The lowest BCUT2D eigenvalue weighted by Gasteiger charge is -2.03. The number of carboxylic acid groups (broad SMARTS) is 1. The van der Waals surface area contributed by atoms with E-state index in [1.165, 1.54) is 64.2 Å². The summed E-state index contributed by atoms with van der Waals surface area (Å²) in [6.07, 6.45) is 15.9. The molecule has 134 valence electrons. The van der Waals surface area contributed by atoms with E-state index in [1.54, 1.807) is 0 Å². The van der Waals surface area contributed by atoms with E-state index in [2.05, 4.69) is 19.2 Å². The van der Waals surface area contributed by atoms with E-state index < -0.39 is 6.09 Å². The van der Waals surface area contributed by atoms with Gasteiger partial charge in [-0.05, 0) is 19.4 Å². The van der Waals surface area contributed by atoms with Gasteiger partial charge in [0.25, 0.3) is 0 Å². The second kappa shape index (κ2) is 22.5. The third kappa shape index (κ3) is 27.6. The summed E-state index contributed by atoms with van der Waals surface area (Å²) in [6, 6.07) is 0. The van der Waals surface area contributed by atoms with E-state index in [1.807, 2.05) is 0 Å². The molecule has 4 N–H and O–H groups in total. The van der Waals surface area contributed by atoms with E-state index in [0.29, 0.717) is 6.54 Å². The van der Waals surface area contributed by atoms with E-state index in [0.717, 1.165) is 25.8 Å². The van der Waals surface area contributed by atoms with Crippen LogP contribution in [0, 0.1) is 0 Å². The summed E-state index contributed by atoms with van der Waals surface area (Å²) in [5.41, 5.74) is 5.03. The molecule has 1 amide bonds. The summed E-state index contributed by atoms with van der Waals surface area (Å²) in [4.78, 5) is 10.2. The normalized spacial score (nSPS) is 9.95. The first-order chi connectivity index (χ1) is 10.7. The first-order valence-electron chi connectivity index (χ1n) is 9.35. The Morgan fingerprint density at radius 3 is 1.45 bits per heavy atom. The van der Waals surface area contributed by atoms with Crippen molar-refractivity contribution in [1.82, 2.24) is 5.32 Å². The Bertz CT molecular complexity index is 209. The molecule has 0 aromatic carbocycles. The molecule has 0 aliphatic carbocycles. The van der Waals surface area contributed by atoms with Crippen LogP contribution < -0.4 is 11.1 Å². The van der Waals surface area contributed by atoms with Gasteiger partial charge in [-0.15, -0.1) is 0 Å². The van der Waals surface area contributed by atoms with Crippen LogP contribution in [0.1, 0.15) is 97.3 Å². The van der Waals surface area contributed by atoms with Crippen molar-refractivity contribution < 1.29 is 9.90 Å². The Balaban J connectivity index is 0. The van der Waals surface area contributed by atoms with Crippen molar-refractivity contribution in [3.8, 4) is 0 Å². The predicted octanol–water partition coefficient (Wildman–Crippen LogP) is 5.31. The van der Waals surface area contributed by atoms with Gasteiger partial charge in [0, 0.05) is 6.54 Å². The zero-order valence-electron chi connectivity index (χ0n) is 15.0. The van der Waals surface area contributed by atoms with E-state index in [-0.39, 0.29) is 0 Å². The minimum atomic E-state index is -0.905. The summed E-state index contributed by atoms with van der Waals surface area (Å²) in [5.74, 6) is 0. The molecule has 0 fully saturated rings. The molecule has 0 saturated heterocycles. The second-order valence-electron chi connectivity index (χ2n) is 5.91.